The molecule has 0 saturated heterocycles. The van der Waals surface area contributed by atoms with E-state index in [0.29, 0.717) is 13.1 Å². The van der Waals surface area contributed by atoms with E-state index in [1.54, 1.807) is 18.2 Å². The molecule has 2 rings (SSSR count). The maximum Gasteiger partial charge on any atom is 0.387 e. The van der Waals surface area contributed by atoms with Crippen LogP contribution in [-0.4, -0.2) is 30.8 Å². The minimum absolute atomic E-state index is 0.00991. The third kappa shape index (κ3) is 5.06. The summed E-state index contributed by atoms with van der Waals surface area (Å²) in [5, 5.41) is 10.1. The topological polar surface area (TPSA) is 41.9 Å². The van der Waals surface area contributed by atoms with Gasteiger partial charge in [0.25, 0.3) is 0 Å². The van der Waals surface area contributed by atoms with Gasteiger partial charge in [-0.05, 0) is 55.8 Å². The molecule has 0 heterocycles. The number of nitrogens with zero attached hydrogens (tertiary/aromatic N) is 1. The van der Waals surface area contributed by atoms with Gasteiger partial charge in [-0.15, -0.1) is 0 Å². The molecule has 0 spiro atoms. The lowest BCUT2D eigenvalue weighted by molar-refractivity contribution is -0.0512. The molecule has 0 aliphatic heterocycles. The zero-order valence-electron chi connectivity index (χ0n) is 14.8. The average molecular weight is 351 g/mol. The predicted molar refractivity (Wildman–Crippen MR) is 92.4 cm³/mol. The summed E-state index contributed by atoms with van der Waals surface area (Å²) in [4.78, 5) is 2.02. The van der Waals surface area contributed by atoms with E-state index in [9.17, 15) is 13.9 Å². The fourth-order valence-electron chi connectivity index (χ4n) is 2.65. The molecular formula is C19H23F2NO3. The molecular weight excluding hydrogens is 328 g/mol. The molecule has 6 heteroatoms. The molecule has 1 N–H and O–H groups in total. The van der Waals surface area contributed by atoms with Crippen LogP contribution < -0.4 is 9.47 Å². The minimum Gasteiger partial charge on any atom is -0.508 e. The van der Waals surface area contributed by atoms with E-state index < -0.39 is 6.61 Å². The molecule has 0 bridgehead atoms. The number of methoxy groups -OCH3 is 1. The van der Waals surface area contributed by atoms with E-state index in [0.717, 1.165) is 22.3 Å². The van der Waals surface area contributed by atoms with Gasteiger partial charge in [-0.25, -0.2) is 0 Å². The molecule has 0 aromatic heterocycles. The summed E-state index contributed by atoms with van der Waals surface area (Å²) in [6, 6.07) is 8.60. The summed E-state index contributed by atoms with van der Waals surface area (Å²) in [5.41, 5.74) is 3.90. The highest BCUT2D eigenvalue weighted by atomic mass is 19.3. The predicted octanol–water partition coefficient (Wildman–Crippen LogP) is 4.25. The van der Waals surface area contributed by atoms with Gasteiger partial charge in [-0.3, -0.25) is 4.90 Å². The summed E-state index contributed by atoms with van der Waals surface area (Å²) in [6.45, 7) is 2.19. The van der Waals surface area contributed by atoms with Crippen molar-refractivity contribution >= 4 is 0 Å². The smallest absolute Gasteiger partial charge is 0.387 e. The van der Waals surface area contributed by atoms with Crippen molar-refractivity contribution in [2.24, 2.45) is 0 Å². The number of ether oxygens (including phenoxy) is 2. The molecule has 0 fully saturated rings. The Morgan fingerprint density at radius 3 is 2.36 bits per heavy atom. The van der Waals surface area contributed by atoms with E-state index in [-0.39, 0.29) is 17.2 Å². The highest BCUT2D eigenvalue weighted by Gasteiger charge is 2.13. The van der Waals surface area contributed by atoms with Crippen molar-refractivity contribution in [2.45, 2.75) is 33.5 Å². The van der Waals surface area contributed by atoms with Crippen molar-refractivity contribution in [3.8, 4) is 17.2 Å². The molecule has 136 valence electrons. The number of hydrogen-bond acceptors (Lipinski definition) is 4. The lowest BCUT2D eigenvalue weighted by Gasteiger charge is -2.19. The summed E-state index contributed by atoms with van der Waals surface area (Å²) in [7, 11) is 3.33. The highest BCUT2D eigenvalue weighted by Crippen LogP contribution is 2.30. The SMILES string of the molecule is COc1cc(CN(C)Cc2cc(C)c(C)cc2O)ccc1OC(F)F. The van der Waals surface area contributed by atoms with Gasteiger partial charge in [0.2, 0.25) is 0 Å². The number of phenols is 1. The Morgan fingerprint density at radius 1 is 1.04 bits per heavy atom. The standard InChI is InChI=1S/C19H23F2NO3/c1-12-7-15(16(23)8-13(12)2)11-22(3)10-14-5-6-17(25-19(20)21)18(9-14)24-4/h5-9,19,23H,10-11H2,1-4H3. The van der Waals surface area contributed by atoms with E-state index in [1.807, 2.05) is 31.9 Å². The minimum atomic E-state index is -2.89. The lowest BCUT2D eigenvalue weighted by atomic mass is 10.0. The van der Waals surface area contributed by atoms with Gasteiger partial charge in [0.05, 0.1) is 7.11 Å². The first kappa shape index (κ1) is 19.0. The average Bonchev–Trinajstić information content (AvgIpc) is 2.53. The summed E-state index contributed by atoms with van der Waals surface area (Å²) in [6.07, 6.45) is 0. The molecule has 2 aromatic carbocycles. The van der Waals surface area contributed by atoms with Gasteiger partial charge in [0.1, 0.15) is 5.75 Å². The number of halogens is 2. The Bertz CT molecular complexity index is 735. The van der Waals surface area contributed by atoms with E-state index >= 15 is 0 Å². The molecule has 0 aliphatic rings. The fraction of sp³-hybridized carbons (Fsp3) is 0.368. The van der Waals surface area contributed by atoms with Crippen molar-refractivity contribution in [3.05, 3.63) is 52.6 Å². The lowest BCUT2D eigenvalue weighted by Crippen LogP contribution is -2.17. The second-order valence-corrected chi connectivity index (χ2v) is 6.10. The first-order chi connectivity index (χ1) is 11.8. The van der Waals surface area contributed by atoms with Crippen LogP contribution in [0.1, 0.15) is 22.3 Å². The first-order valence-corrected chi connectivity index (χ1v) is 7.89. The van der Waals surface area contributed by atoms with Crippen LogP contribution in [0.25, 0.3) is 0 Å². The van der Waals surface area contributed by atoms with Gasteiger partial charge in [0, 0.05) is 18.7 Å². The molecule has 0 unspecified atom stereocenters. The van der Waals surface area contributed by atoms with Crippen molar-refractivity contribution in [3.63, 3.8) is 0 Å². The fourth-order valence-corrected chi connectivity index (χ4v) is 2.65. The van der Waals surface area contributed by atoms with Crippen molar-refractivity contribution in [2.75, 3.05) is 14.2 Å². The molecule has 4 nitrogen and oxygen atoms in total. The van der Waals surface area contributed by atoms with Crippen LogP contribution in [0.5, 0.6) is 17.2 Å². The number of benzene rings is 2. The number of aryl methyl sites for hydroxylation is 2. The Morgan fingerprint density at radius 2 is 1.72 bits per heavy atom. The maximum absolute atomic E-state index is 12.4. The van der Waals surface area contributed by atoms with Gasteiger partial charge >= 0.3 is 6.61 Å². The van der Waals surface area contributed by atoms with Crippen LogP contribution in [0.3, 0.4) is 0 Å². The number of rotatable bonds is 7. The summed E-state index contributed by atoms with van der Waals surface area (Å²) in [5.74, 6) is 0.546. The molecule has 2 aromatic rings. The number of aromatic hydroxyl groups is 1. The number of hydrogen-bond donors (Lipinski definition) is 1. The molecule has 25 heavy (non-hydrogen) atoms. The van der Waals surface area contributed by atoms with E-state index in [4.69, 9.17) is 4.74 Å². The van der Waals surface area contributed by atoms with E-state index in [1.165, 1.54) is 13.2 Å². The van der Waals surface area contributed by atoms with Crippen molar-refractivity contribution in [1.29, 1.82) is 0 Å². The summed E-state index contributed by atoms with van der Waals surface area (Å²) >= 11 is 0. The second kappa shape index (κ2) is 8.16. The molecule has 0 saturated carbocycles. The van der Waals surface area contributed by atoms with Crippen LogP contribution in [-0.2, 0) is 13.1 Å². The van der Waals surface area contributed by atoms with Gasteiger partial charge in [0.15, 0.2) is 11.5 Å². The zero-order valence-corrected chi connectivity index (χ0v) is 14.8. The summed E-state index contributed by atoms with van der Waals surface area (Å²) < 4.78 is 34.3. The second-order valence-electron chi connectivity index (χ2n) is 6.10. The zero-order chi connectivity index (χ0) is 18.6. The third-order valence-electron chi connectivity index (χ3n) is 4.03. The van der Waals surface area contributed by atoms with Crippen molar-refractivity contribution < 1.29 is 23.4 Å². The molecule has 0 radical (unpaired) electrons. The Labute approximate surface area is 146 Å². The van der Waals surface area contributed by atoms with Crippen LogP contribution in [0.2, 0.25) is 0 Å². The van der Waals surface area contributed by atoms with Crippen LogP contribution in [0.4, 0.5) is 8.78 Å². The van der Waals surface area contributed by atoms with Crippen LogP contribution in [0.15, 0.2) is 30.3 Å². The maximum atomic E-state index is 12.4. The van der Waals surface area contributed by atoms with Gasteiger partial charge in [-0.2, -0.15) is 8.78 Å². The normalized spacial score (nSPS) is 11.2. The quantitative estimate of drug-likeness (QED) is 0.810. The van der Waals surface area contributed by atoms with Crippen LogP contribution in [0, 0.1) is 13.8 Å². The molecule has 0 amide bonds. The Balaban J connectivity index is 2.10. The Hall–Kier alpha value is -2.34. The van der Waals surface area contributed by atoms with Crippen molar-refractivity contribution in [1.82, 2.24) is 4.90 Å². The van der Waals surface area contributed by atoms with Gasteiger partial charge in [-0.1, -0.05) is 12.1 Å². The third-order valence-corrected chi connectivity index (χ3v) is 4.03. The monoisotopic (exact) mass is 351 g/mol. The van der Waals surface area contributed by atoms with E-state index in [2.05, 4.69) is 4.74 Å². The van der Waals surface area contributed by atoms with Crippen LogP contribution >= 0.6 is 0 Å². The molecule has 0 aliphatic carbocycles. The highest BCUT2D eigenvalue weighted by molar-refractivity contribution is 5.43. The largest absolute Gasteiger partial charge is 0.508 e. The Kier molecular flexibility index (Phi) is 6.20. The number of alkyl halides is 2. The van der Waals surface area contributed by atoms with Gasteiger partial charge < -0.3 is 14.6 Å². The molecule has 0 atom stereocenters. The first-order valence-electron chi connectivity index (χ1n) is 7.89. The number of phenolic OH excluding ortho intramolecular Hbond substituents is 1.